The minimum absolute atomic E-state index is 0.0240. The molecule has 2 aromatic rings. The second-order valence-corrected chi connectivity index (χ2v) is 6.80. The Hall–Kier alpha value is -4.29. The number of carbonyl (C=O) groups excluding carboxylic acids is 3. The molecule has 0 bridgehead atoms. The third-order valence-electron chi connectivity index (χ3n) is 4.75. The molecule has 1 unspecified atom stereocenters. The van der Waals surface area contributed by atoms with E-state index < -0.39 is 23.9 Å². The fourth-order valence-corrected chi connectivity index (χ4v) is 3.08. The molecule has 13 nitrogen and oxygen atoms in total. The van der Waals surface area contributed by atoms with Crippen molar-refractivity contribution in [2.45, 2.75) is 12.1 Å². The van der Waals surface area contributed by atoms with Gasteiger partial charge < -0.3 is 46.4 Å². The summed E-state index contributed by atoms with van der Waals surface area (Å²) in [5, 5.41) is 29.5. The highest BCUT2D eigenvalue weighted by Gasteiger charge is 2.27. The normalized spacial score (nSPS) is 15.0. The van der Waals surface area contributed by atoms with Gasteiger partial charge in [0.25, 0.3) is 11.5 Å². The zero-order valence-electron chi connectivity index (χ0n) is 16.3. The number of H-pyrrole nitrogens is 1. The molecule has 1 aliphatic rings. The summed E-state index contributed by atoms with van der Waals surface area (Å²) < 4.78 is 0. The maximum atomic E-state index is 12.2. The maximum absolute atomic E-state index is 12.2. The van der Waals surface area contributed by atoms with Gasteiger partial charge in [-0.3, -0.25) is 14.6 Å². The number of aromatic nitrogens is 2. The van der Waals surface area contributed by atoms with Crippen molar-refractivity contribution in [2.24, 2.45) is 0 Å². The summed E-state index contributed by atoms with van der Waals surface area (Å²) in [7, 11) is 1.76. The standard InChI is InChI=1S/C18H21N7O6/c1-25-10(7-21-13-12(25)15(27)24-18(19)23-13)6-20-9-4-2-8(3-5-9)14(26)22-11(16(28)29)17(30)31/h2-5,10-11,20H,6-7H2,1H3,(H,22,26)(H,28,29)(H,30,31)(H4,19,21,23,24,27)/p-2. The molecule has 0 aliphatic carbocycles. The molecule has 0 spiro atoms. The molecule has 31 heavy (non-hydrogen) atoms. The Morgan fingerprint density at radius 2 is 1.90 bits per heavy atom. The number of aliphatic carboxylic acids is 2. The second kappa shape index (κ2) is 8.61. The number of carbonyl (C=O) groups is 3. The number of fused-ring (bicyclic) bond motifs is 1. The summed E-state index contributed by atoms with van der Waals surface area (Å²) in [6.45, 7) is 0.941. The molecule has 13 heteroatoms. The largest absolute Gasteiger partial charge is 0.547 e. The number of hydrogen-bond donors (Lipinski definition) is 5. The number of nitrogen functional groups attached to an aromatic ring is 1. The number of carboxylic acid groups (broad SMARTS) is 2. The molecule has 1 aliphatic heterocycles. The number of likely N-dealkylation sites (N-methyl/N-ethyl adjacent to an activating group) is 1. The Balaban J connectivity index is 1.62. The van der Waals surface area contributed by atoms with Crippen LogP contribution in [0.1, 0.15) is 10.4 Å². The van der Waals surface area contributed by atoms with Crippen molar-refractivity contribution >= 4 is 41.0 Å². The quantitative estimate of drug-likeness (QED) is 0.270. The SMILES string of the molecule is CN1c2c(nc(N)[nH]c2=O)NCC1CNc1ccc(C(=O)NC(C(=O)[O-])C(=O)[O-])cc1. The van der Waals surface area contributed by atoms with Gasteiger partial charge in [-0.15, -0.1) is 0 Å². The summed E-state index contributed by atoms with van der Waals surface area (Å²) in [4.78, 5) is 54.0. The number of aromatic amines is 1. The zero-order chi connectivity index (χ0) is 22.7. The highest BCUT2D eigenvalue weighted by atomic mass is 16.4. The van der Waals surface area contributed by atoms with Crippen LogP contribution in [0.4, 0.5) is 23.1 Å². The van der Waals surface area contributed by atoms with E-state index in [-0.39, 0.29) is 23.1 Å². The molecule has 1 aromatic heterocycles. The molecule has 1 atom stereocenters. The third-order valence-corrected chi connectivity index (χ3v) is 4.75. The predicted octanol–water partition coefficient (Wildman–Crippen LogP) is -3.71. The Bertz CT molecular complexity index is 1050. The van der Waals surface area contributed by atoms with E-state index >= 15 is 0 Å². The number of rotatable bonds is 7. The molecule has 2 heterocycles. The number of amides is 1. The first-order chi connectivity index (χ1) is 14.7. The number of nitrogens with two attached hydrogens (primary N) is 1. The van der Waals surface area contributed by atoms with E-state index in [9.17, 15) is 29.4 Å². The molecule has 164 valence electrons. The lowest BCUT2D eigenvalue weighted by molar-refractivity contribution is -0.326. The topological polar surface area (TPSA) is 208 Å². The smallest absolute Gasteiger partial charge is 0.278 e. The van der Waals surface area contributed by atoms with Crippen LogP contribution in [0.15, 0.2) is 29.1 Å². The van der Waals surface area contributed by atoms with Crippen LogP contribution in [0.3, 0.4) is 0 Å². The average Bonchev–Trinajstić information content (AvgIpc) is 2.70. The van der Waals surface area contributed by atoms with Crippen molar-refractivity contribution in [3.63, 3.8) is 0 Å². The fraction of sp³-hybridized carbons (Fsp3) is 0.278. The van der Waals surface area contributed by atoms with Crippen molar-refractivity contribution < 1.29 is 24.6 Å². The van der Waals surface area contributed by atoms with Crippen LogP contribution in [-0.2, 0) is 9.59 Å². The minimum atomic E-state index is -2.25. The van der Waals surface area contributed by atoms with Gasteiger partial charge in [0.05, 0.1) is 18.0 Å². The summed E-state index contributed by atoms with van der Waals surface area (Å²) >= 11 is 0. The lowest BCUT2D eigenvalue weighted by Gasteiger charge is -2.35. The molecule has 0 saturated carbocycles. The van der Waals surface area contributed by atoms with Gasteiger partial charge >= 0.3 is 0 Å². The van der Waals surface area contributed by atoms with Crippen LogP contribution in [0.25, 0.3) is 0 Å². The van der Waals surface area contributed by atoms with Gasteiger partial charge in [-0.05, 0) is 24.3 Å². The first-order valence-corrected chi connectivity index (χ1v) is 9.10. The second-order valence-electron chi connectivity index (χ2n) is 6.80. The molecule has 1 aromatic carbocycles. The van der Waals surface area contributed by atoms with Crippen molar-refractivity contribution in [1.29, 1.82) is 0 Å². The van der Waals surface area contributed by atoms with Crippen LogP contribution in [0.2, 0.25) is 0 Å². The van der Waals surface area contributed by atoms with Crippen LogP contribution < -0.4 is 42.4 Å². The Morgan fingerprint density at radius 1 is 1.26 bits per heavy atom. The highest BCUT2D eigenvalue weighted by Crippen LogP contribution is 2.25. The van der Waals surface area contributed by atoms with E-state index in [0.717, 1.165) is 0 Å². The average molecular weight is 429 g/mol. The number of carboxylic acids is 2. The van der Waals surface area contributed by atoms with E-state index in [1.165, 1.54) is 12.1 Å². The molecular weight excluding hydrogens is 410 g/mol. The maximum Gasteiger partial charge on any atom is 0.278 e. The molecule has 6 N–H and O–H groups in total. The van der Waals surface area contributed by atoms with E-state index in [1.54, 1.807) is 24.1 Å². The van der Waals surface area contributed by atoms with Gasteiger partial charge in [-0.25, -0.2) is 0 Å². The van der Waals surface area contributed by atoms with Gasteiger partial charge in [0.15, 0.2) is 5.82 Å². The third kappa shape index (κ3) is 4.66. The van der Waals surface area contributed by atoms with Crippen LogP contribution in [0.5, 0.6) is 0 Å². The lowest BCUT2D eigenvalue weighted by atomic mass is 10.1. The van der Waals surface area contributed by atoms with Crippen molar-refractivity contribution in [2.75, 3.05) is 41.4 Å². The molecule has 3 rings (SSSR count). The monoisotopic (exact) mass is 429 g/mol. The van der Waals surface area contributed by atoms with E-state index in [1.807, 2.05) is 5.32 Å². The first kappa shape index (κ1) is 21.4. The molecular formula is C18H19N7O6-2. The van der Waals surface area contributed by atoms with Crippen molar-refractivity contribution in [3.05, 3.63) is 40.2 Å². The van der Waals surface area contributed by atoms with E-state index in [2.05, 4.69) is 20.6 Å². The van der Waals surface area contributed by atoms with Gasteiger partial charge in [0.2, 0.25) is 5.95 Å². The van der Waals surface area contributed by atoms with Crippen LogP contribution >= 0.6 is 0 Å². The Morgan fingerprint density at radius 3 is 2.52 bits per heavy atom. The van der Waals surface area contributed by atoms with E-state index in [0.29, 0.717) is 30.3 Å². The molecule has 0 saturated heterocycles. The number of nitrogens with one attached hydrogen (secondary N) is 4. The number of anilines is 4. The van der Waals surface area contributed by atoms with Crippen molar-refractivity contribution in [1.82, 2.24) is 15.3 Å². The van der Waals surface area contributed by atoms with Crippen LogP contribution in [-0.4, -0.2) is 60.0 Å². The fourth-order valence-electron chi connectivity index (χ4n) is 3.08. The number of hydrogen-bond acceptors (Lipinski definition) is 11. The van der Waals surface area contributed by atoms with Gasteiger partial charge in [-0.1, -0.05) is 0 Å². The van der Waals surface area contributed by atoms with Crippen LogP contribution in [0, 0.1) is 0 Å². The van der Waals surface area contributed by atoms with Gasteiger partial charge in [0, 0.05) is 31.4 Å². The Labute approximate surface area is 175 Å². The summed E-state index contributed by atoms with van der Waals surface area (Å²) in [5.41, 5.74) is 6.27. The number of benzene rings is 1. The predicted molar refractivity (Wildman–Crippen MR) is 106 cm³/mol. The highest BCUT2D eigenvalue weighted by molar-refractivity contribution is 6.03. The van der Waals surface area contributed by atoms with E-state index in [4.69, 9.17) is 5.73 Å². The first-order valence-electron chi connectivity index (χ1n) is 9.10. The molecule has 1 amide bonds. The van der Waals surface area contributed by atoms with Gasteiger partial charge in [0.1, 0.15) is 11.7 Å². The zero-order valence-corrected chi connectivity index (χ0v) is 16.3. The Kier molecular flexibility index (Phi) is 5.95. The summed E-state index contributed by atoms with van der Waals surface area (Å²) in [6.07, 6.45) is 0. The lowest BCUT2D eigenvalue weighted by Crippen LogP contribution is -2.57. The minimum Gasteiger partial charge on any atom is -0.547 e. The van der Waals surface area contributed by atoms with Crippen molar-refractivity contribution in [3.8, 4) is 0 Å². The molecule has 0 radical (unpaired) electrons. The van der Waals surface area contributed by atoms with Gasteiger partial charge in [-0.2, -0.15) is 4.98 Å². The molecule has 0 fully saturated rings. The summed E-state index contributed by atoms with van der Waals surface area (Å²) in [6, 6.07) is 3.58. The number of nitrogens with zero attached hydrogens (tertiary/aromatic N) is 2. The summed E-state index contributed by atoms with van der Waals surface area (Å²) in [5.74, 6) is -4.42.